The molecule has 4 N–H and O–H groups in total. The Morgan fingerprint density at radius 2 is 2.45 bits per heavy atom. The van der Waals surface area contributed by atoms with Crippen LogP contribution in [0.3, 0.4) is 0 Å². The summed E-state index contributed by atoms with van der Waals surface area (Å²) in [5.41, 5.74) is 7.41. The maximum atomic E-state index is 7.16. The Morgan fingerprint density at radius 1 is 1.73 bits per heavy atom. The zero-order valence-electron chi connectivity index (χ0n) is 6.85. The molecule has 0 amide bonds. The van der Waals surface area contributed by atoms with Gasteiger partial charge in [-0.25, -0.2) is 0 Å². The maximum absolute atomic E-state index is 7.16. The highest BCUT2D eigenvalue weighted by molar-refractivity contribution is 5.77. The van der Waals surface area contributed by atoms with Crippen LogP contribution in [0.1, 0.15) is 13.3 Å². The quantitative estimate of drug-likeness (QED) is 0.505. The third-order valence-corrected chi connectivity index (χ3v) is 2.11. The minimum atomic E-state index is 0.470. The largest absolute Gasteiger partial charge is 0.402 e. The number of rotatable bonds is 2. The summed E-state index contributed by atoms with van der Waals surface area (Å²) in [6.07, 6.45) is 2.49. The van der Waals surface area contributed by atoms with Crippen LogP contribution in [0, 0.1) is 11.3 Å². The van der Waals surface area contributed by atoms with Crippen LogP contribution in [0.5, 0.6) is 0 Å². The first-order chi connectivity index (χ1) is 5.25. The highest BCUT2D eigenvalue weighted by Crippen LogP contribution is 2.17. The summed E-state index contributed by atoms with van der Waals surface area (Å²) in [5, 5.41) is 10.4. The van der Waals surface area contributed by atoms with Gasteiger partial charge in [0.15, 0.2) is 0 Å². The van der Waals surface area contributed by atoms with Crippen LogP contribution in [-0.2, 0) is 0 Å². The van der Waals surface area contributed by atoms with Gasteiger partial charge in [-0.2, -0.15) is 0 Å². The SMILES string of the molecule is C/C(N)=C(/C=N)C1CCNC1. The first-order valence-electron chi connectivity index (χ1n) is 3.93. The van der Waals surface area contributed by atoms with Crippen LogP contribution in [-0.4, -0.2) is 19.3 Å². The molecule has 0 bridgehead atoms. The van der Waals surface area contributed by atoms with Crippen molar-refractivity contribution >= 4 is 6.21 Å². The first-order valence-corrected chi connectivity index (χ1v) is 3.93. The predicted octanol–water partition coefficient (Wildman–Crippen LogP) is 0.478. The Labute approximate surface area is 67.2 Å². The summed E-state index contributed by atoms with van der Waals surface area (Å²) in [6.45, 7) is 3.88. The molecule has 11 heavy (non-hydrogen) atoms. The molecule has 1 atom stereocenters. The molecule has 62 valence electrons. The third kappa shape index (κ3) is 1.80. The lowest BCUT2D eigenvalue weighted by molar-refractivity contribution is 0.700. The molecule has 1 fully saturated rings. The van der Waals surface area contributed by atoms with Gasteiger partial charge >= 0.3 is 0 Å². The molecular weight excluding hydrogens is 138 g/mol. The maximum Gasteiger partial charge on any atom is 0.0230 e. The van der Waals surface area contributed by atoms with Gasteiger partial charge in [0.05, 0.1) is 0 Å². The monoisotopic (exact) mass is 153 g/mol. The Kier molecular flexibility index (Phi) is 2.65. The second-order valence-electron chi connectivity index (χ2n) is 2.97. The van der Waals surface area contributed by atoms with Gasteiger partial charge in [0.25, 0.3) is 0 Å². The topological polar surface area (TPSA) is 61.9 Å². The molecular formula is C8H15N3. The molecule has 0 spiro atoms. The summed E-state index contributed by atoms with van der Waals surface area (Å²) < 4.78 is 0. The highest BCUT2D eigenvalue weighted by Gasteiger charge is 2.18. The van der Waals surface area contributed by atoms with E-state index in [1.54, 1.807) is 0 Å². The first kappa shape index (κ1) is 8.27. The van der Waals surface area contributed by atoms with E-state index in [1.807, 2.05) is 6.92 Å². The lowest BCUT2D eigenvalue weighted by atomic mass is 9.98. The van der Waals surface area contributed by atoms with Crippen molar-refractivity contribution in [3.05, 3.63) is 11.3 Å². The van der Waals surface area contributed by atoms with Gasteiger partial charge < -0.3 is 16.5 Å². The van der Waals surface area contributed by atoms with Crippen molar-refractivity contribution in [1.29, 1.82) is 5.41 Å². The van der Waals surface area contributed by atoms with Gasteiger partial charge in [-0.15, -0.1) is 0 Å². The molecule has 0 radical (unpaired) electrons. The van der Waals surface area contributed by atoms with E-state index in [0.717, 1.165) is 30.8 Å². The molecule has 3 heteroatoms. The molecule has 0 saturated carbocycles. The normalized spacial score (nSPS) is 26.5. The molecule has 1 unspecified atom stereocenters. The summed E-state index contributed by atoms with van der Waals surface area (Å²) in [7, 11) is 0. The molecule has 0 aromatic rings. The standard InChI is InChI=1S/C8H15N3/c1-6(10)8(4-9)7-2-3-11-5-7/h4,7,9,11H,2-3,5,10H2,1H3/b8-6+,9-4?. The van der Waals surface area contributed by atoms with Crippen molar-refractivity contribution in [2.24, 2.45) is 11.7 Å². The van der Waals surface area contributed by atoms with Gasteiger partial charge in [-0.3, -0.25) is 0 Å². The van der Waals surface area contributed by atoms with Gasteiger partial charge in [-0.05, 0) is 25.5 Å². The van der Waals surface area contributed by atoms with E-state index in [9.17, 15) is 0 Å². The fraction of sp³-hybridized carbons (Fsp3) is 0.625. The Balaban J connectivity index is 2.69. The van der Waals surface area contributed by atoms with Gasteiger partial charge in [0.1, 0.15) is 0 Å². The lowest BCUT2D eigenvalue weighted by Gasteiger charge is -2.09. The number of hydrogen-bond acceptors (Lipinski definition) is 3. The van der Waals surface area contributed by atoms with E-state index in [2.05, 4.69) is 5.32 Å². The zero-order valence-corrected chi connectivity index (χ0v) is 6.85. The van der Waals surface area contributed by atoms with Crippen LogP contribution in [0.4, 0.5) is 0 Å². The zero-order chi connectivity index (χ0) is 8.27. The Morgan fingerprint density at radius 3 is 2.82 bits per heavy atom. The molecule has 0 aliphatic carbocycles. The van der Waals surface area contributed by atoms with Gasteiger partial charge in [0.2, 0.25) is 0 Å². The van der Waals surface area contributed by atoms with Gasteiger partial charge in [-0.1, -0.05) is 0 Å². The van der Waals surface area contributed by atoms with Crippen LogP contribution in [0.2, 0.25) is 0 Å². The molecule has 1 rings (SSSR count). The number of allylic oxidation sites excluding steroid dienone is 1. The Hall–Kier alpha value is -0.830. The fourth-order valence-electron chi connectivity index (χ4n) is 1.47. The van der Waals surface area contributed by atoms with Crippen LogP contribution < -0.4 is 11.1 Å². The predicted molar refractivity (Wildman–Crippen MR) is 46.6 cm³/mol. The van der Waals surface area contributed by atoms with Crippen LogP contribution in [0.25, 0.3) is 0 Å². The fourth-order valence-corrected chi connectivity index (χ4v) is 1.47. The van der Waals surface area contributed by atoms with E-state index >= 15 is 0 Å². The van der Waals surface area contributed by atoms with E-state index in [-0.39, 0.29) is 0 Å². The van der Waals surface area contributed by atoms with E-state index in [0.29, 0.717) is 5.92 Å². The highest BCUT2D eigenvalue weighted by atomic mass is 14.9. The van der Waals surface area contributed by atoms with Crippen molar-refractivity contribution in [3.8, 4) is 0 Å². The molecule has 1 saturated heterocycles. The molecule has 0 aromatic heterocycles. The van der Waals surface area contributed by atoms with Crippen LogP contribution in [0.15, 0.2) is 11.3 Å². The molecule has 1 aliphatic rings. The summed E-state index contributed by atoms with van der Waals surface area (Å²) in [4.78, 5) is 0. The van der Waals surface area contributed by atoms with Crippen molar-refractivity contribution in [3.63, 3.8) is 0 Å². The number of nitrogens with two attached hydrogens (primary N) is 1. The Bertz CT molecular complexity index is 174. The van der Waals surface area contributed by atoms with Gasteiger partial charge in [0, 0.05) is 24.4 Å². The summed E-state index contributed by atoms with van der Waals surface area (Å²) >= 11 is 0. The lowest BCUT2D eigenvalue weighted by Crippen LogP contribution is -2.14. The molecule has 0 aromatic carbocycles. The number of nitrogens with one attached hydrogen (secondary N) is 2. The third-order valence-electron chi connectivity index (χ3n) is 2.11. The molecule has 3 nitrogen and oxygen atoms in total. The minimum absolute atomic E-state index is 0.470. The van der Waals surface area contributed by atoms with Crippen LogP contribution >= 0.6 is 0 Å². The van der Waals surface area contributed by atoms with Crippen molar-refractivity contribution in [2.75, 3.05) is 13.1 Å². The average Bonchev–Trinajstić information content (AvgIpc) is 2.40. The summed E-state index contributed by atoms with van der Waals surface area (Å²) in [6, 6.07) is 0. The van der Waals surface area contributed by atoms with Crippen molar-refractivity contribution in [1.82, 2.24) is 5.32 Å². The second kappa shape index (κ2) is 3.53. The smallest absolute Gasteiger partial charge is 0.0230 e. The van der Waals surface area contributed by atoms with E-state index in [1.165, 1.54) is 6.21 Å². The average molecular weight is 153 g/mol. The molecule has 1 aliphatic heterocycles. The second-order valence-corrected chi connectivity index (χ2v) is 2.97. The number of hydrogen-bond donors (Lipinski definition) is 3. The molecule has 1 heterocycles. The van der Waals surface area contributed by atoms with E-state index in [4.69, 9.17) is 11.1 Å². The van der Waals surface area contributed by atoms with Crippen molar-refractivity contribution < 1.29 is 0 Å². The minimum Gasteiger partial charge on any atom is -0.402 e. The van der Waals surface area contributed by atoms with Crippen molar-refractivity contribution in [2.45, 2.75) is 13.3 Å². The van der Waals surface area contributed by atoms with E-state index < -0.39 is 0 Å². The summed E-state index contributed by atoms with van der Waals surface area (Å²) in [5.74, 6) is 0.470.